The zero-order valence-electron chi connectivity index (χ0n) is 17.1. The number of hydrogen-bond acceptors (Lipinski definition) is 4. The molecular formula is C28H12S4. The Bertz CT molecular complexity index is 1820. The number of hydrogen-bond donors (Lipinski definition) is 0. The molecule has 0 saturated heterocycles. The van der Waals surface area contributed by atoms with E-state index >= 15 is 0 Å². The van der Waals surface area contributed by atoms with Crippen LogP contribution in [0.4, 0.5) is 0 Å². The van der Waals surface area contributed by atoms with Gasteiger partial charge in [0.05, 0.1) is 38.0 Å². The standard InChI is InChI=1S/C28H12S4/c1-3-5-7-9-19-15-17-11-13-21-25(23(17)29-19)31-28-22-14-12-18-16-20(10-8-6-4-2)30-24(18)26(22)32-27(21)28/h11-16H,1-2H3. The molecule has 0 N–H and O–H groups in total. The molecular weight excluding hydrogens is 465 g/mol. The second-order valence-corrected chi connectivity index (χ2v) is 11.2. The van der Waals surface area contributed by atoms with Gasteiger partial charge in [0, 0.05) is 10.8 Å². The lowest BCUT2D eigenvalue weighted by Gasteiger charge is -1.93. The average Bonchev–Trinajstić information content (AvgIpc) is 3.53. The lowest BCUT2D eigenvalue weighted by molar-refractivity contribution is 1.92. The van der Waals surface area contributed by atoms with Crippen LogP contribution in [0.2, 0.25) is 0 Å². The molecule has 0 atom stereocenters. The summed E-state index contributed by atoms with van der Waals surface area (Å²) in [5, 5.41) is 5.20. The van der Waals surface area contributed by atoms with Crippen molar-refractivity contribution < 1.29 is 0 Å². The summed E-state index contributed by atoms with van der Waals surface area (Å²) in [5.74, 6) is 23.5. The van der Waals surface area contributed by atoms with Crippen molar-refractivity contribution in [3.8, 4) is 47.4 Å². The minimum absolute atomic E-state index is 1.07. The van der Waals surface area contributed by atoms with E-state index in [2.05, 4.69) is 83.8 Å². The first-order valence-corrected chi connectivity index (χ1v) is 13.1. The first kappa shape index (κ1) is 19.5. The van der Waals surface area contributed by atoms with Gasteiger partial charge in [-0.2, -0.15) is 0 Å². The number of thiophene rings is 4. The lowest BCUT2D eigenvalue weighted by Crippen LogP contribution is -1.64. The highest BCUT2D eigenvalue weighted by Crippen LogP contribution is 2.49. The van der Waals surface area contributed by atoms with Gasteiger partial charge < -0.3 is 0 Å². The molecule has 6 aromatic rings. The average molecular weight is 477 g/mol. The minimum Gasteiger partial charge on any atom is -0.132 e. The summed E-state index contributed by atoms with van der Waals surface area (Å²) >= 11 is 7.34. The quantitative estimate of drug-likeness (QED) is 0.193. The molecule has 0 aliphatic heterocycles. The molecule has 0 bridgehead atoms. The van der Waals surface area contributed by atoms with E-state index in [-0.39, 0.29) is 0 Å². The van der Waals surface area contributed by atoms with Gasteiger partial charge in [-0.15, -0.1) is 45.3 Å². The van der Waals surface area contributed by atoms with Gasteiger partial charge in [0.2, 0.25) is 0 Å². The van der Waals surface area contributed by atoms with Gasteiger partial charge in [0.1, 0.15) is 0 Å². The third-order valence-corrected chi connectivity index (χ3v) is 10.2. The van der Waals surface area contributed by atoms with Crippen LogP contribution in [0.3, 0.4) is 0 Å². The summed E-state index contributed by atoms with van der Waals surface area (Å²) in [6, 6.07) is 13.4. The fraction of sp³-hybridized carbons (Fsp3) is 0.0714. The summed E-state index contributed by atoms with van der Waals surface area (Å²) in [6.45, 7) is 3.62. The predicted molar refractivity (Wildman–Crippen MR) is 146 cm³/mol. The molecule has 0 aliphatic rings. The van der Waals surface area contributed by atoms with Crippen LogP contribution in [0, 0.1) is 47.4 Å². The van der Waals surface area contributed by atoms with Gasteiger partial charge >= 0.3 is 0 Å². The van der Waals surface area contributed by atoms with Crippen LogP contribution < -0.4 is 0 Å². The summed E-state index contributed by atoms with van der Waals surface area (Å²) in [7, 11) is 0. The Balaban J connectivity index is 1.59. The molecule has 0 aliphatic carbocycles. The van der Waals surface area contributed by atoms with Crippen molar-refractivity contribution in [2.75, 3.05) is 0 Å². The van der Waals surface area contributed by atoms with E-state index in [1.165, 1.54) is 49.7 Å². The molecule has 4 heterocycles. The maximum Gasteiger partial charge on any atom is 0.0791 e. The van der Waals surface area contributed by atoms with Crippen LogP contribution >= 0.6 is 45.3 Å². The third kappa shape index (κ3) is 3.02. The molecule has 0 saturated carbocycles. The second-order valence-electron chi connectivity index (χ2n) is 7.05. The Hall–Kier alpha value is -3.22. The van der Waals surface area contributed by atoms with Gasteiger partial charge in [-0.1, -0.05) is 36.1 Å². The Kier molecular flexibility index (Phi) is 4.70. The number of fused-ring (bicyclic) bond motifs is 9. The second kappa shape index (κ2) is 7.73. The van der Waals surface area contributed by atoms with Crippen molar-refractivity contribution in [2.45, 2.75) is 13.8 Å². The zero-order chi connectivity index (χ0) is 21.7. The summed E-state index contributed by atoms with van der Waals surface area (Å²) in [5.41, 5.74) is 0. The van der Waals surface area contributed by atoms with E-state index in [0.29, 0.717) is 0 Å². The summed E-state index contributed by atoms with van der Waals surface area (Å²) in [4.78, 5) is 2.14. The lowest BCUT2D eigenvalue weighted by atomic mass is 10.2. The van der Waals surface area contributed by atoms with Crippen molar-refractivity contribution in [1.82, 2.24) is 0 Å². The first-order chi connectivity index (χ1) is 15.8. The largest absolute Gasteiger partial charge is 0.132 e. The predicted octanol–water partition coefficient (Wildman–Crippen LogP) is 8.45. The van der Waals surface area contributed by atoms with E-state index < -0.39 is 0 Å². The van der Waals surface area contributed by atoms with Gasteiger partial charge in [-0.05, 0) is 72.3 Å². The van der Waals surface area contributed by atoms with Gasteiger partial charge in [0.25, 0.3) is 0 Å². The molecule has 2 aromatic carbocycles. The highest BCUT2D eigenvalue weighted by Gasteiger charge is 2.17. The highest BCUT2D eigenvalue weighted by molar-refractivity contribution is 7.40. The molecule has 0 nitrogen and oxygen atoms in total. The molecule has 0 radical (unpaired) electrons. The van der Waals surface area contributed by atoms with E-state index in [1.807, 2.05) is 36.5 Å². The molecule has 6 rings (SSSR count). The van der Waals surface area contributed by atoms with Crippen molar-refractivity contribution in [2.24, 2.45) is 0 Å². The Morgan fingerprint density at radius 1 is 0.500 bits per heavy atom. The summed E-state index contributed by atoms with van der Waals surface area (Å²) < 4.78 is 8.13. The smallest absolute Gasteiger partial charge is 0.0791 e. The molecule has 0 spiro atoms. The highest BCUT2D eigenvalue weighted by atomic mass is 32.1. The monoisotopic (exact) mass is 476 g/mol. The van der Waals surface area contributed by atoms with Crippen molar-refractivity contribution in [3.05, 3.63) is 46.2 Å². The summed E-state index contributed by atoms with van der Waals surface area (Å²) in [6.07, 6.45) is 0. The molecule has 4 aromatic heterocycles. The normalized spacial score (nSPS) is 10.4. The van der Waals surface area contributed by atoms with E-state index in [4.69, 9.17) is 0 Å². The topological polar surface area (TPSA) is 0 Å². The zero-order valence-corrected chi connectivity index (χ0v) is 20.4. The SMILES string of the molecule is CC#CC#Cc1cc2ccc3c(sc4c5ccc6cc(C#CC#CC)sc6c5sc34)c2s1. The van der Waals surface area contributed by atoms with E-state index in [1.54, 1.807) is 22.7 Å². The molecule has 0 fully saturated rings. The molecule has 0 amide bonds. The Morgan fingerprint density at radius 2 is 0.938 bits per heavy atom. The van der Waals surface area contributed by atoms with Crippen molar-refractivity contribution >= 4 is 95.1 Å². The van der Waals surface area contributed by atoms with Crippen LogP contribution in [-0.2, 0) is 0 Å². The molecule has 148 valence electrons. The fourth-order valence-electron chi connectivity index (χ4n) is 3.80. The van der Waals surface area contributed by atoms with Gasteiger partial charge in [0.15, 0.2) is 0 Å². The van der Waals surface area contributed by atoms with Crippen LogP contribution in [-0.4, -0.2) is 0 Å². The Labute approximate surface area is 201 Å². The maximum absolute atomic E-state index is 3.18. The Morgan fingerprint density at radius 3 is 1.38 bits per heavy atom. The van der Waals surface area contributed by atoms with Crippen LogP contribution in [0.1, 0.15) is 23.6 Å². The fourth-order valence-corrected chi connectivity index (χ4v) is 8.95. The van der Waals surface area contributed by atoms with Crippen LogP contribution in [0.15, 0.2) is 36.4 Å². The van der Waals surface area contributed by atoms with Crippen molar-refractivity contribution in [3.63, 3.8) is 0 Å². The number of rotatable bonds is 0. The molecule has 32 heavy (non-hydrogen) atoms. The molecule has 4 heteroatoms. The van der Waals surface area contributed by atoms with Crippen molar-refractivity contribution in [1.29, 1.82) is 0 Å². The van der Waals surface area contributed by atoms with E-state index in [9.17, 15) is 0 Å². The van der Waals surface area contributed by atoms with Crippen LogP contribution in [0.25, 0.3) is 49.7 Å². The minimum atomic E-state index is 1.07. The maximum atomic E-state index is 3.18. The van der Waals surface area contributed by atoms with Crippen LogP contribution in [0.5, 0.6) is 0 Å². The molecule has 0 unspecified atom stereocenters. The number of benzene rings is 2. The van der Waals surface area contributed by atoms with Gasteiger partial charge in [-0.3, -0.25) is 0 Å². The third-order valence-electron chi connectivity index (χ3n) is 5.13. The van der Waals surface area contributed by atoms with E-state index in [0.717, 1.165) is 9.75 Å². The first-order valence-electron chi connectivity index (χ1n) is 9.86. The van der Waals surface area contributed by atoms with Gasteiger partial charge in [-0.25, -0.2) is 0 Å².